The number of carbonyl (C=O) groups is 3. The molecule has 0 aliphatic heterocycles. The number of alkyl carbamates (subject to hydrolysis) is 1. The number of imide groups is 1. The summed E-state index contributed by atoms with van der Waals surface area (Å²) in [6.07, 6.45) is 0.979. The predicted octanol–water partition coefficient (Wildman–Crippen LogP) is 0.625. The van der Waals surface area contributed by atoms with Gasteiger partial charge < -0.3 is 10.5 Å². The smallest absolute Gasteiger partial charge is 0.414 e. The number of carbonyl (C=O) groups excluding carboxylic acids is 3. The van der Waals surface area contributed by atoms with Crippen LogP contribution in [0.2, 0.25) is 0 Å². The van der Waals surface area contributed by atoms with E-state index in [0.29, 0.717) is 6.54 Å². The van der Waals surface area contributed by atoms with Crippen LogP contribution in [0, 0.1) is 0 Å². The Hall–Kier alpha value is -1.63. The molecule has 0 aliphatic carbocycles. The van der Waals surface area contributed by atoms with Crippen molar-refractivity contribution in [2.75, 3.05) is 19.6 Å². The maximum absolute atomic E-state index is 11.7. The number of primary amides is 1. The van der Waals surface area contributed by atoms with Crippen molar-refractivity contribution in [3.05, 3.63) is 0 Å². The zero-order valence-electron chi connectivity index (χ0n) is 12.7. The summed E-state index contributed by atoms with van der Waals surface area (Å²) in [6, 6.07) is 0. The molecule has 0 aromatic rings. The monoisotopic (exact) mass is 287 g/mol. The highest BCUT2D eigenvalue weighted by atomic mass is 16.6. The van der Waals surface area contributed by atoms with Crippen molar-refractivity contribution < 1.29 is 19.1 Å². The topological polar surface area (TPSA) is 102 Å². The molecule has 116 valence electrons. The number of amides is 3. The lowest BCUT2D eigenvalue weighted by Crippen LogP contribution is -2.44. The average molecular weight is 287 g/mol. The minimum atomic E-state index is -0.794. The first kappa shape index (κ1) is 18.4. The third-order valence-corrected chi connectivity index (χ3v) is 2.21. The molecule has 0 fully saturated rings. The van der Waals surface area contributed by atoms with Gasteiger partial charge in [-0.05, 0) is 33.7 Å². The summed E-state index contributed by atoms with van der Waals surface area (Å²) in [7, 11) is 0. The molecule has 0 aromatic heterocycles. The second-order valence-corrected chi connectivity index (χ2v) is 5.58. The average Bonchev–Trinajstić information content (AvgIpc) is 2.21. The molecule has 0 atom stereocenters. The molecule has 3 amide bonds. The van der Waals surface area contributed by atoms with E-state index in [1.165, 1.54) is 0 Å². The Morgan fingerprint density at radius 2 is 1.80 bits per heavy atom. The van der Waals surface area contributed by atoms with Crippen LogP contribution in [0.15, 0.2) is 0 Å². The fraction of sp³-hybridized carbons (Fsp3) is 0.769. The summed E-state index contributed by atoms with van der Waals surface area (Å²) >= 11 is 0. The second-order valence-electron chi connectivity index (χ2n) is 5.58. The molecule has 20 heavy (non-hydrogen) atoms. The van der Waals surface area contributed by atoms with E-state index in [1.807, 2.05) is 6.92 Å². The highest BCUT2D eigenvalue weighted by Gasteiger charge is 2.19. The first-order valence-electron chi connectivity index (χ1n) is 6.67. The van der Waals surface area contributed by atoms with Gasteiger partial charge in [-0.3, -0.25) is 19.8 Å². The quantitative estimate of drug-likeness (QED) is 0.715. The SMILES string of the molecule is CCCCN(CC(N)=O)CC(=O)NC(=O)OC(C)(C)C. The van der Waals surface area contributed by atoms with E-state index in [1.54, 1.807) is 25.7 Å². The van der Waals surface area contributed by atoms with Crippen LogP contribution in [0.1, 0.15) is 40.5 Å². The van der Waals surface area contributed by atoms with Crippen molar-refractivity contribution in [1.82, 2.24) is 10.2 Å². The number of nitrogens with one attached hydrogen (secondary N) is 1. The molecular formula is C13H25N3O4. The van der Waals surface area contributed by atoms with Crippen LogP contribution < -0.4 is 11.1 Å². The first-order chi connectivity index (χ1) is 9.14. The van der Waals surface area contributed by atoms with Gasteiger partial charge in [-0.2, -0.15) is 0 Å². The number of hydrogen-bond acceptors (Lipinski definition) is 5. The van der Waals surface area contributed by atoms with E-state index in [2.05, 4.69) is 5.32 Å². The summed E-state index contributed by atoms with van der Waals surface area (Å²) in [5.74, 6) is -1.03. The Bertz CT molecular complexity index is 350. The molecule has 7 heteroatoms. The molecule has 0 rings (SSSR count). The van der Waals surface area contributed by atoms with E-state index in [9.17, 15) is 14.4 Å². The highest BCUT2D eigenvalue weighted by molar-refractivity contribution is 5.93. The van der Waals surface area contributed by atoms with Crippen LogP contribution >= 0.6 is 0 Å². The number of unbranched alkanes of at least 4 members (excludes halogenated alkanes) is 1. The van der Waals surface area contributed by atoms with E-state index in [0.717, 1.165) is 12.8 Å². The van der Waals surface area contributed by atoms with Gasteiger partial charge in [0.05, 0.1) is 13.1 Å². The van der Waals surface area contributed by atoms with Gasteiger partial charge in [0.15, 0.2) is 0 Å². The minimum Gasteiger partial charge on any atom is -0.444 e. The van der Waals surface area contributed by atoms with Crippen LogP contribution in [0.25, 0.3) is 0 Å². The third-order valence-electron chi connectivity index (χ3n) is 2.21. The Kier molecular flexibility index (Phi) is 7.83. The summed E-state index contributed by atoms with van der Waals surface area (Å²) in [5, 5.41) is 2.12. The molecule has 0 bridgehead atoms. The fourth-order valence-corrected chi connectivity index (χ4v) is 1.48. The van der Waals surface area contributed by atoms with Crippen LogP contribution in [-0.2, 0) is 14.3 Å². The summed E-state index contributed by atoms with van der Waals surface area (Å²) in [5.41, 5.74) is 4.45. The molecule has 0 aromatic carbocycles. The number of nitrogens with zero attached hydrogens (tertiary/aromatic N) is 1. The normalized spacial score (nSPS) is 11.2. The minimum absolute atomic E-state index is 0.0122. The molecule has 0 radical (unpaired) electrons. The fourth-order valence-electron chi connectivity index (χ4n) is 1.48. The maximum atomic E-state index is 11.7. The Morgan fingerprint density at radius 3 is 2.25 bits per heavy atom. The molecule has 0 saturated carbocycles. The Morgan fingerprint density at radius 1 is 1.20 bits per heavy atom. The third kappa shape index (κ3) is 10.3. The summed E-state index contributed by atoms with van der Waals surface area (Å²) in [6.45, 7) is 7.61. The first-order valence-corrected chi connectivity index (χ1v) is 6.67. The van der Waals surface area contributed by atoms with Gasteiger partial charge in [-0.1, -0.05) is 13.3 Å². The van der Waals surface area contributed by atoms with Gasteiger partial charge in [-0.25, -0.2) is 4.79 Å². The standard InChI is InChI=1S/C13H25N3O4/c1-5-6-7-16(8-10(14)17)9-11(18)15-12(19)20-13(2,3)4/h5-9H2,1-4H3,(H2,14,17)(H,15,18,19). The lowest BCUT2D eigenvalue weighted by molar-refractivity contribution is -0.123. The van der Waals surface area contributed by atoms with Crippen molar-refractivity contribution in [2.24, 2.45) is 5.73 Å². The van der Waals surface area contributed by atoms with Gasteiger partial charge in [0.1, 0.15) is 5.60 Å². The zero-order chi connectivity index (χ0) is 15.8. The van der Waals surface area contributed by atoms with Crippen molar-refractivity contribution in [3.63, 3.8) is 0 Å². The van der Waals surface area contributed by atoms with Gasteiger partial charge >= 0.3 is 6.09 Å². The maximum Gasteiger partial charge on any atom is 0.414 e. The highest BCUT2D eigenvalue weighted by Crippen LogP contribution is 2.06. The lowest BCUT2D eigenvalue weighted by Gasteiger charge is -2.21. The Balaban J connectivity index is 4.30. The van der Waals surface area contributed by atoms with E-state index < -0.39 is 23.5 Å². The summed E-state index contributed by atoms with van der Waals surface area (Å²) in [4.78, 5) is 35.6. The van der Waals surface area contributed by atoms with Crippen LogP contribution in [0.4, 0.5) is 4.79 Å². The Labute approximate surface area is 119 Å². The molecule has 0 unspecified atom stereocenters. The van der Waals surface area contributed by atoms with Crippen LogP contribution in [-0.4, -0.2) is 48.0 Å². The lowest BCUT2D eigenvalue weighted by atomic mass is 10.2. The molecule has 0 spiro atoms. The van der Waals surface area contributed by atoms with E-state index in [4.69, 9.17) is 10.5 Å². The zero-order valence-corrected chi connectivity index (χ0v) is 12.7. The molecule has 0 saturated heterocycles. The van der Waals surface area contributed by atoms with Gasteiger partial charge in [0.2, 0.25) is 11.8 Å². The number of rotatable bonds is 7. The van der Waals surface area contributed by atoms with Crippen molar-refractivity contribution >= 4 is 17.9 Å². The molecule has 7 nitrogen and oxygen atoms in total. The van der Waals surface area contributed by atoms with Crippen LogP contribution in [0.3, 0.4) is 0 Å². The van der Waals surface area contributed by atoms with Gasteiger partial charge in [-0.15, -0.1) is 0 Å². The molecular weight excluding hydrogens is 262 g/mol. The van der Waals surface area contributed by atoms with E-state index >= 15 is 0 Å². The number of ether oxygens (including phenoxy) is 1. The van der Waals surface area contributed by atoms with Crippen molar-refractivity contribution in [2.45, 2.75) is 46.1 Å². The second kappa shape index (κ2) is 8.52. The van der Waals surface area contributed by atoms with Crippen molar-refractivity contribution in [3.8, 4) is 0 Å². The summed E-state index contributed by atoms with van der Waals surface area (Å²) < 4.78 is 4.97. The van der Waals surface area contributed by atoms with Gasteiger partial charge in [0, 0.05) is 0 Å². The largest absolute Gasteiger partial charge is 0.444 e. The van der Waals surface area contributed by atoms with Crippen molar-refractivity contribution in [1.29, 1.82) is 0 Å². The van der Waals surface area contributed by atoms with Crippen LogP contribution in [0.5, 0.6) is 0 Å². The molecule has 0 heterocycles. The number of nitrogens with two attached hydrogens (primary N) is 1. The predicted molar refractivity (Wildman–Crippen MR) is 74.9 cm³/mol. The molecule has 0 aliphatic rings. The van der Waals surface area contributed by atoms with Gasteiger partial charge in [0.25, 0.3) is 0 Å². The molecule has 3 N–H and O–H groups in total. The number of hydrogen-bond donors (Lipinski definition) is 2. The van der Waals surface area contributed by atoms with E-state index in [-0.39, 0.29) is 13.1 Å².